The van der Waals surface area contributed by atoms with Crippen molar-refractivity contribution in [2.45, 2.75) is 26.9 Å². The summed E-state index contributed by atoms with van der Waals surface area (Å²) in [7, 11) is 0. The molecule has 122 valence electrons. The lowest BCUT2D eigenvalue weighted by atomic mass is 10.1. The molecule has 0 radical (unpaired) electrons. The molecule has 0 heterocycles. The summed E-state index contributed by atoms with van der Waals surface area (Å²) in [6, 6.07) is 15.7. The Hall–Kier alpha value is -1.65. The highest BCUT2D eigenvalue weighted by molar-refractivity contribution is 9.10. The van der Waals surface area contributed by atoms with Gasteiger partial charge in [0.15, 0.2) is 0 Å². The van der Waals surface area contributed by atoms with Crippen LogP contribution in [0, 0.1) is 0 Å². The van der Waals surface area contributed by atoms with Crippen molar-refractivity contribution in [1.29, 1.82) is 0 Å². The molecular weight excluding hydrogens is 352 g/mol. The van der Waals surface area contributed by atoms with E-state index in [-0.39, 0.29) is 5.91 Å². The standard InChI is InChI=1S/C19H23BrN2O/c1-3-22(4-2)14-17-8-6-5-7-16(17)13-21-19(23)15-9-11-18(20)12-10-15/h5-12H,3-4,13-14H2,1-2H3,(H,21,23). The summed E-state index contributed by atoms with van der Waals surface area (Å²) in [4.78, 5) is 14.6. The molecule has 2 aromatic carbocycles. The molecule has 0 bridgehead atoms. The number of carbonyl (C=O) groups is 1. The van der Waals surface area contributed by atoms with Crippen molar-refractivity contribution in [2.75, 3.05) is 13.1 Å². The van der Waals surface area contributed by atoms with Crippen LogP contribution >= 0.6 is 15.9 Å². The van der Waals surface area contributed by atoms with Gasteiger partial charge in [-0.05, 0) is 48.5 Å². The Labute approximate surface area is 146 Å². The lowest BCUT2D eigenvalue weighted by molar-refractivity contribution is 0.0950. The SMILES string of the molecule is CCN(CC)Cc1ccccc1CNC(=O)c1ccc(Br)cc1. The zero-order valence-electron chi connectivity index (χ0n) is 13.7. The summed E-state index contributed by atoms with van der Waals surface area (Å²) in [6.07, 6.45) is 0. The van der Waals surface area contributed by atoms with Crippen molar-refractivity contribution in [3.8, 4) is 0 Å². The number of nitrogens with zero attached hydrogens (tertiary/aromatic N) is 1. The molecule has 2 aromatic rings. The van der Waals surface area contributed by atoms with Gasteiger partial charge in [-0.1, -0.05) is 54.0 Å². The fraction of sp³-hybridized carbons (Fsp3) is 0.316. The van der Waals surface area contributed by atoms with Crippen LogP contribution in [0.3, 0.4) is 0 Å². The summed E-state index contributed by atoms with van der Waals surface area (Å²) in [5.41, 5.74) is 3.12. The number of hydrogen-bond donors (Lipinski definition) is 1. The maximum atomic E-state index is 12.2. The first-order valence-electron chi connectivity index (χ1n) is 7.97. The van der Waals surface area contributed by atoms with Crippen LogP contribution in [-0.2, 0) is 13.1 Å². The van der Waals surface area contributed by atoms with Gasteiger partial charge in [-0.15, -0.1) is 0 Å². The van der Waals surface area contributed by atoms with E-state index in [0.717, 1.165) is 24.1 Å². The molecular formula is C19H23BrN2O. The average Bonchev–Trinajstić information content (AvgIpc) is 2.59. The van der Waals surface area contributed by atoms with Crippen LogP contribution in [0.2, 0.25) is 0 Å². The lowest BCUT2D eigenvalue weighted by Gasteiger charge is -2.20. The highest BCUT2D eigenvalue weighted by atomic mass is 79.9. The van der Waals surface area contributed by atoms with Crippen LogP contribution in [0.4, 0.5) is 0 Å². The predicted molar refractivity (Wildman–Crippen MR) is 98.4 cm³/mol. The van der Waals surface area contributed by atoms with Crippen LogP contribution in [0.15, 0.2) is 53.0 Å². The largest absolute Gasteiger partial charge is 0.348 e. The third kappa shape index (κ3) is 5.19. The summed E-state index contributed by atoms with van der Waals surface area (Å²) >= 11 is 3.38. The molecule has 3 nitrogen and oxygen atoms in total. The summed E-state index contributed by atoms with van der Waals surface area (Å²) in [5, 5.41) is 3.01. The molecule has 2 rings (SSSR count). The second kappa shape index (κ2) is 8.85. The van der Waals surface area contributed by atoms with E-state index < -0.39 is 0 Å². The van der Waals surface area contributed by atoms with Gasteiger partial charge in [0.1, 0.15) is 0 Å². The molecule has 23 heavy (non-hydrogen) atoms. The lowest BCUT2D eigenvalue weighted by Crippen LogP contribution is -2.26. The second-order valence-electron chi connectivity index (χ2n) is 5.42. The summed E-state index contributed by atoms with van der Waals surface area (Å²) < 4.78 is 0.971. The first-order chi connectivity index (χ1) is 11.1. The fourth-order valence-electron chi connectivity index (χ4n) is 2.45. The quantitative estimate of drug-likeness (QED) is 0.786. The van der Waals surface area contributed by atoms with E-state index in [1.165, 1.54) is 11.1 Å². The van der Waals surface area contributed by atoms with Gasteiger partial charge in [0.05, 0.1) is 0 Å². The van der Waals surface area contributed by atoms with Crippen LogP contribution in [0.25, 0.3) is 0 Å². The number of hydrogen-bond acceptors (Lipinski definition) is 2. The fourth-order valence-corrected chi connectivity index (χ4v) is 2.72. The zero-order valence-corrected chi connectivity index (χ0v) is 15.3. The molecule has 0 aliphatic rings. The minimum absolute atomic E-state index is 0.0462. The summed E-state index contributed by atoms with van der Waals surface area (Å²) in [6.45, 7) is 7.85. The Morgan fingerprint density at radius 1 is 1.00 bits per heavy atom. The van der Waals surface area contributed by atoms with E-state index in [1.54, 1.807) is 0 Å². The Morgan fingerprint density at radius 3 is 2.22 bits per heavy atom. The number of benzene rings is 2. The molecule has 0 unspecified atom stereocenters. The maximum Gasteiger partial charge on any atom is 0.251 e. The first kappa shape index (κ1) is 17.7. The predicted octanol–water partition coefficient (Wildman–Crippen LogP) is 4.22. The van der Waals surface area contributed by atoms with Crippen molar-refractivity contribution >= 4 is 21.8 Å². The number of carbonyl (C=O) groups excluding carboxylic acids is 1. The number of nitrogens with one attached hydrogen (secondary N) is 1. The van der Waals surface area contributed by atoms with Crippen molar-refractivity contribution in [3.63, 3.8) is 0 Å². The highest BCUT2D eigenvalue weighted by Gasteiger charge is 2.09. The normalized spacial score (nSPS) is 10.8. The van der Waals surface area contributed by atoms with Crippen molar-refractivity contribution in [2.24, 2.45) is 0 Å². The van der Waals surface area contributed by atoms with Crippen LogP contribution in [0.5, 0.6) is 0 Å². The molecule has 0 spiro atoms. The van der Waals surface area contributed by atoms with Crippen LogP contribution in [0.1, 0.15) is 35.3 Å². The molecule has 1 amide bonds. The number of amides is 1. The molecule has 0 aromatic heterocycles. The van der Waals surface area contributed by atoms with E-state index in [1.807, 2.05) is 30.3 Å². The Kier molecular flexibility index (Phi) is 6.81. The van der Waals surface area contributed by atoms with E-state index in [4.69, 9.17) is 0 Å². The smallest absolute Gasteiger partial charge is 0.251 e. The van der Waals surface area contributed by atoms with E-state index >= 15 is 0 Å². The van der Waals surface area contributed by atoms with Gasteiger partial charge in [0.2, 0.25) is 0 Å². The molecule has 0 fully saturated rings. The zero-order chi connectivity index (χ0) is 16.7. The van der Waals surface area contributed by atoms with Crippen LogP contribution in [-0.4, -0.2) is 23.9 Å². The topological polar surface area (TPSA) is 32.3 Å². The number of rotatable bonds is 7. The van der Waals surface area contributed by atoms with Gasteiger partial charge >= 0.3 is 0 Å². The molecule has 0 atom stereocenters. The summed E-state index contributed by atoms with van der Waals surface area (Å²) in [5.74, 6) is -0.0462. The molecule has 0 aliphatic carbocycles. The number of halogens is 1. The van der Waals surface area contributed by atoms with Gasteiger partial charge in [0.25, 0.3) is 5.91 Å². The molecule has 0 saturated heterocycles. The Morgan fingerprint density at radius 2 is 1.61 bits per heavy atom. The van der Waals surface area contributed by atoms with E-state index in [2.05, 4.69) is 58.2 Å². The van der Waals surface area contributed by atoms with E-state index in [9.17, 15) is 4.79 Å². The monoisotopic (exact) mass is 374 g/mol. The van der Waals surface area contributed by atoms with Gasteiger partial charge in [0, 0.05) is 23.1 Å². The van der Waals surface area contributed by atoms with Gasteiger partial charge < -0.3 is 5.32 Å². The highest BCUT2D eigenvalue weighted by Crippen LogP contribution is 2.13. The van der Waals surface area contributed by atoms with Crippen molar-refractivity contribution < 1.29 is 4.79 Å². The van der Waals surface area contributed by atoms with Crippen molar-refractivity contribution in [1.82, 2.24) is 10.2 Å². The minimum atomic E-state index is -0.0462. The van der Waals surface area contributed by atoms with Gasteiger partial charge in [-0.2, -0.15) is 0 Å². The van der Waals surface area contributed by atoms with Gasteiger partial charge in [-0.25, -0.2) is 0 Å². The van der Waals surface area contributed by atoms with Gasteiger partial charge in [-0.3, -0.25) is 9.69 Å². The van der Waals surface area contributed by atoms with Crippen molar-refractivity contribution in [3.05, 3.63) is 69.7 Å². The third-order valence-electron chi connectivity index (χ3n) is 3.95. The Bertz CT molecular complexity index is 636. The average molecular weight is 375 g/mol. The Balaban J connectivity index is 2.02. The van der Waals surface area contributed by atoms with E-state index in [0.29, 0.717) is 12.1 Å². The molecule has 4 heteroatoms. The first-order valence-corrected chi connectivity index (χ1v) is 8.76. The minimum Gasteiger partial charge on any atom is -0.348 e. The van der Waals surface area contributed by atoms with Crippen LogP contribution < -0.4 is 5.32 Å². The maximum absolute atomic E-state index is 12.2. The molecule has 0 saturated carbocycles. The second-order valence-corrected chi connectivity index (χ2v) is 6.34. The molecule has 1 N–H and O–H groups in total. The molecule has 0 aliphatic heterocycles. The third-order valence-corrected chi connectivity index (χ3v) is 4.48.